The van der Waals surface area contributed by atoms with Gasteiger partial charge >= 0.3 is 0 Å². The molecule has 1 atom stereocenters. The summed E-state index contributed by atoms with van der Waals surface area (Å²) < 4.78 is 5.23. The third kappa shape index (κ3) is 2.23. The van der Waals surface area contributed by atoms with Crippen LogP contribution in [0.1, 0.15) is 35.5 Å². The number of nitrogens with one attached hydrogen (secondary N) is 1. The predicted octanol–water partition coefficient (Wildman–Crippen LogP) is 2.98. The largest absolute Gasteiger partial charge is 0.459 e. The van der Waals surface area contributed by atoms with E-state index in [2.05, 4.69) is 18.3 Å². The summed E-state index contributed by atoms with van der Waals surface area (Å²) in [4.78, 5) is 14.3. The van der Waals surface area contributed by atoms with Gasteiger partial charge in [0.25, 0.3) is 5.91 Å². The number of nitrogens with zero attached hydrogens (tertiary/aromatic N) is 1. The van der Waals surface area contributed by atoms with Crippen molar-refractivity contribution in [2.24, 2.45) is 0 Å². The van der Waals surface area contributed by atoms with Gasteiger partial charge in [0.15, 0.2) is 5.76 Å². The van der Waals surface area contributed by atoms with Crippen LogP contribution in [0.2, 0.25) is 0 Å². The molecule has 0 saturated carbocycles. The molecule has 1 unspecified atom stereocenters. The second-order valence-electron chi connectivity index (χ2n) is 4.89. The third-order valence-corrected chi connectivity index (χ3v) is 3.67. The fraction of sp³-hybridized carbons (Fsp3) is 0.312. The van der Waals surface area contributed by atoms with Crippen molar-refractivity contribution >= 4 is 11.6 Å². The molecule has 3 rings (SSSR count). The molecule has 0 fully saturated rings. The number of fused-ring (bicyclic) bond motifs is 1. The van der Waals surface area contributed by atoms with Crippen molar-refractivity contribution in [1.82, 2.24) is 5.32 Å². The SMILES string of the molecule is CCNC1CCN(C(=O)c2ccco2)c2ccccc21. The number of hydrogen-bond acceptors (Lipinski definition) is 3. The van der Waals surface area contributed by atoms with Gasteiger partial charge in [-0.25, -0.2) is 0 Å². The van der Waals surface area contributed by atoms with E-state index in [0.29, 0.717) is 18.3 Å². The van der Waals surface area contributed by atoms with Crippen molar-refractivity contribution in [3.63, 3.8) is 0 Å². The summed E-state index contributed by atoms with van der Waals surface area (Å²) in [5.74, 6) is 0.319. The molecular formula is C16H18N2O2. The van der Waals surface area contributed by atoms with Crippen LogP contribution in [0.25, 0.3) is 0 Å². The molecule has 0 radical (unpaired) electrons. The summed E-state index contributed by atoms with van der Waals surface area (Å²) in [5, 5.41) is 3.47. The maximum Gasteiger partial charge on any atom is 0.293 e. The molecule has 20 heavy (non-hydrogen) atoms. The van der Waals surface area contributed by atoms with Crippen molar-refractivity contribution in [3.05, 3.63) is 54.0 Å². The molecule has 1 amide bonds. The van der Waals surface area contributed by atoms with Gasteiger partial charge in [-0.05, 0) is 36.7 Å². The Morgan fingerprint density at radius 1 is 1.35 bits per heavy atom. The molecule has 1 aromatic carbocycles. The Hall–Kier alpha value is -2.07. The molecule has 0 saturated heterocycles. The third-order valence-electron chi connectivity index (χ3n) is 3.67. The highest BCUT2D eigenvalue weighted by Crippen LogP contribution is 2.34. The van der Waals surface area contributed by atoms with Gasteiger partial charge in [-0.15, -0.1) is 0 Å². The fourth-order valence-corrected chi connectivity index (χ4v) is 2.76. The molecule has 0 spiro atoms. The molecule has 2 aromatic rings. The van der Waals surface area contributed by atoms with Gasteiger partial charge in [0.2, 0.25) is 0 Å². The van der Waals surface area contributed by atoms with E-state index in [1.165, 1.54) is 11.8 Å². The van der Waals surface area contributed by atoms with E-state index in [9.17, 15) is 4.79 Å². The minimum Gasteiger partial charge on any atom is -0.459 e. The van der Waals surface area contributed by atoms with Crippen molar-refractivity contribution in [1.29, 1.82) is 0 Å². The topological polar surface area (TPSA) is 45.5 Å². The maximum absolute atomic E-state index is 12.5. The van der Waals surface area contributed by atoms with Crippen molar-refractivity contribution in [2.75, 3.05) is 18.0 Å². The van der Waals surface area contributed by atoms with E-state index in [0.717, 1.165) is 18.7 Å². The highest BCUT2D eigenvalue weighted by molar-refractivity contribution is 6.05. The first kappa shape index (κ1) is 12.9. The van der Waals surface area contributed by atoms with E-state index >= 15 is 0 Å². The van der Waals surface area contributed by atoms with Gasteiger partial charge in [-0.3, -0.25) is 4.79 Å². The number of benzene rings is 1. The minimum atomic E-state index is -0.0719. The van der Waals surface area contributed by atoms with Crippen molar-refractivity contribution < 1.29 is 9.21 Å². The summed E-state index contributed by atoms with van der Waals surface area (Å²) in [5.41, 5.74) is 2.16. The molecule has 1 aliphatic heterocycles. The Bertz CT molecular complexity index is 592. The number of carbonyl (C=O) groups excluding carboxylic acids is 1. The monoisotopic (exact) mass is 270 g/mol. The average Bonchev–Trinajstić information content (AvgIpc) is 3.01. The van der Waals surface area contributed by atoms with Crippen LogP contribution in [0.4, 0.5) is 5.69 Å². The van der Waals surface area contributed by atoms with Gasteiger partial charge in [0.05, 0.1) is 6.26 Å². The molecule has 1 aromatic heterocycles. The van der Waals surface area contributed by atoms with E-state index in [1.54, 1.807) is 12.1 Å². The smallest absolute Gasteiger partial charge is 0.293 e. The second-order valence-corrected chi connectivity index (χ2v) is 4.89. The molecule has 1 N–H and O–H groups in total. The van der Waals surface area contributed by atoms with Gasteiger partial charge in [0.1, 0.15) is 0 Å². The molecule has 1 aliphatic rings. The number of rotatable bonds is 3. The van der Waals surface area contributed by atoms with Crippen LogP contribution >= 0.6 is 0 Å². The Labute approximate surface area is 118 Å². The standard InChI is InChI=1S/C16H18N2O2/c1-2-17-13-9-10-18(14-7-4-3-6-12(13)14)16(19)15-8-5-11-20-15/h3-8,11,13,17H,2,9-10H2,1H3. The van der Waals surface area contributed by atoms with E-state index in [1.807, 2.05) is 23.1 Å². The Morgan fingerprint density at radius 3 is 2.95 bits per heavy atom. The van der Waals surface area contributed by atoms with Crippen molar-refractivity contribution in [2.45, 2.75) is 19.4 Å². The van der Waals surface area contributed by atoms with Crippen LogP contribution in [-0.4, -0.2) is 19.0 Å². The van der Waals surface area contributed by atoms with Crippen LogP contribution in [0, 0.1) is 0 Å². The maximum atomic E-state index is 12.5. The lowest BCUT2D eigenvalue weighted by molar-refractivity contribution is 0.0957. The van der Waals surface area contributed by atoms with Crippen LogP contribution in [0.5, 0.6) is 0 Å². The number of hydrogen-bond donors (Lipinski definition) is 1. The predicted molar refractivity (Wildman–Crippen MR) is 77.9 cm³/mol. The first-order valence-electron chi connectivity index (χ1n) is 6.99. The normalized spacial score (nSPS) is 17.9. The Kier molecular flexibility index (Phi) is 3.56. The van der Waals surface area contributed by atoms with Gasteiger partial charge in [0, 0.05) is 18.3 Å². The summed E-state index contributed by atoms with van der Waals surface area (Å²) in [6, 6.07) is 11.8. The fourth-order valence-electron chi connectivity index (χ4n) is 2.76. The lowest BCUT2D eigenvalue weighted by Gasteiger charge is -2.34. The lowest BCUT2D eigenvalue weighted by atomic mass is 9.96. The molecule has 0 bridgehead atoms. The van der Waals surface area contributed by atoms with Crippen LogP contribution in [0.3, 0.4) is 0 Å². The summed E-state index contributed by atoms with van der Waals surface area (Å²) in [6.07, 6.45) is 2.45. The highest BCUT2D eigenvalue weighted by atomic mass is 16.3. The van der Waals surface area contributed by atoms with Crippen LogP contribution in [-0.2, 0) is 0 Å². The Balaban J connectivity index is 1.94. The zero-order valence-electron chi connectivity index (χ0n) is 11.5. The first-order valence-corrected chi connectivity index (χ1v) is 6.99. The van der Waals surface area contributed by atoms with Crippen molar-refractivity contribution in [3.8, 4) is 0 Å². The van der Waals surface area contributed by atoms with Crippen LogP contribution in [0.15, 0.2) is 47.1 Å². The highest BCUT2D eigenvalue weighted by Gasteiger charge is 2.29. The Morgan fingerprint density at radius 2 is 2.20 bits per heavy atom. The average molecular weight is 270 g/mol. The molecule has 2 heterocycles. The minimum absolute atomic E-state index is 0.0719. The van der Waals surface area contributed by atoms with E-state index < -0.39 is 0 Å². The quantitative estimate of drug-likeness (QED) is 0.932. The molecule has 4 nitrogen and oxygen atoms in total. The number of carbonyl (C=O) groups is 1. The zero-order chi connectivity index (χ0) is 13.9. The second kappa shape index (κ2) is 5.51. The molecule has 0 aliphatic carbocycles. The van der Waals surface area contributed by atoms with Gasteiger partial charge < -0.3 is 14.6 Å². The van der Waals surface area contributed by atoms with Gasteiger partial charge in [-0.2, -0.15) is 0 Å². The number of furan rings is 1. The van der Waals surface area contributed by atoms with E-state index in [4.69, 9.17) is 4.42 Å². The van der Waals surface area contributed by atoms with Gasteiger partial charge in [-0.1, -0.05) is 25.1 Å². The zero-order valence-corrected chi connectivity index (χ0v) is 11.5. The summed E-state index contributed by atoms with van der Waals surface area (Å²) in [7, 11) is 0. The molecular weight excluding hydrogens is 252 g/mol. The number of amides is 1. The molecule has 104 valence electrons. The van der Waals surface area contributed by atoms with Crippen LogP contribution < -0.4 is 10.2 Å². The lowest BCUT2D eigenvalue weighted by Crippen LogP contribution is -2.39. The summed E-state index contributed by atoms with van der Waals surface area (Å²) >= 11 is 0. The van der Waals surface area contributed by atoms with E-state index in [-0.39, 0.29) is 5.91 Å². The first-order chi connectivity index (χ1) is 9.81. The number of para-hydroxylation sites is 1. The summed E-state index contributed by atoms with van der Waals surface area (Å²) in [6.45, 7) is 3.72. The number of anilines is 1. The molecule has 4 heteroatoms.